The quantitative estimate of drug-likeness (QED) is 0.886. The molecule has 1 N–H and O–H groups in total. The van der Waals surface area contributed by atoms with Crippen molar-refractivity contribution in [3.05, 3.63) is 27.4 Å². The highest BCUT2D eigenvalue weighted by Gasteiger charge is 2.36. The molecule has 0 radical (unpaired) electrons. The number of carbonyl (C=O) groups is 1. The second kappa shape index (κ2) is 7.74. The Morgan fingerprint density at radius 2 is 1.89 bits per heavy atom. The third-order valence-corrected chi connectivity index (χ3v) is 6.65. The van der Waals surface area contributed by atoms with Gasteiger partial charge in [-0.05, 0) is 39.5 Å². The Bertz CT molecular complexity index is 751. The molecule has 1 aromatic rings. The lowest BCUT2D eigenvalue weighted by Crippen LogP contribution is -2.41. The van der Waals surface area contributed by atoms with E-state index in [0.717, 1.165) is 69.3 Å². The zero-order chi connectivity index (χ0) is 19.0. The molecule has 3 aliphatic rings. The van der Waals surface area contributed by atoms with Crippen LogP contribution >= 0.6 is 0 Å². The van der Waals surface area contributed by atoms with E-state index in [2.05, 4.69) is 23.7 Å². The van der Waals surface area contributed by atoms with E-state index in [4.69, 9.17) is 4.98 Å². The van der Waals surface area contributed by atoms with Crippen LogP contribution in [0.25, 0.3) is 0 Å². The highest BCUT2D eigenvalue weighted by Crippen LogP contribution is 2.34. The average molecular weight is 373 g/mol. The van der Waals surface area contributed by atoms with Crippen LogP contribution in [0.5, 0.6) is 0 Å². The number of aromatic nitrogens is 2. The smallest absolute Gasteiger partial charge is 0.255 e. The summed E-state index contributed by atoms with van der Waals surface area (Å²) in [6.07, 6.45) is 8.31. The molecular weight excluding hydrogens is 340 g/mol. The van der Waals surface area contributed by atoms with Gasteiger partial charge in [0.05, 0.1) is 17.3 Å². The van der Waals surface area contributed by atoms with E-state index >= 15 is 0 Å². The van der Waals surface area contributed by atoms with Crippen LogP contribution < -0.4 is 5.56 Å². The first-order valence-electron chi connectivity index (χ1n) is 10.7. The lowest BCUT2D eigenvalue weighted by atomic mass is 9.88. The largest absolute Gasteiger partial charge is 0.332 e. The van der Waals surface area contributed by atoms with Gasteiger partial charge in [0, 0.05) is 38.0 Å². The topological polar surface area (TPSA) is 69.3 Å². The van der Waals surface area contributed by atoms with Crippen molar-refractivity contribution in [2.75, 3.05) is 13.1 Å². The zero-order valence-electron chi connectivity index (χ0n) is 16.7. The summed E-state index contributed by atoms with van der Waals surface area (Å²) in [5, 5.41) is 0. The molecular formula is C21H32N4O2. The van der Waals surface area contributed by atoms with E-state index in [1.807, 2.05) is 4.90 Å². The van der Waals surface area contributed by atoms with E-state index in [1.165, 1.54) is 6.42 Å². The van der Waals surface area contributed by atoms with Gasteiger partial charge in [-0.15, -0.1) is 0 Å². The first-order valence-corrected chi connectivity index (χ1v) is 10.7. The van der Waals surface area contributed by atoms with Gasteiger partial charge in [-0.1, -0.05) is 19.3 Å². The Morgan fingerprint density at radius 1 is 1.11 bits per heavy atom. The van der Waals surface area contributed by atoms with Gasteiger partial charge in [-0.2, -0.15) is 0 Å². The summed E-state index contributed by atoms with van der Waals surface area (Å²) < 4.78 is 0. The predicted octanol–water partition coefficient (Wildman–Crippen LogP) is 2.78. The van der Waals surface area contributed by atoms with Crippen LogP contribution in [0, 0.1) is 5.92 Å². The van der Waals surface area contributed by atoms with Crippen molar-refractivity contribution in [1.29, 1.82) is 0 Å². The van der Waals surface area contributed by atoms with Crippen LogP contribution in [0.1, 0.15) is 81.9 Å². The molecule has 1 saturated carbocycles. The number of fused-ring (bicyclic) bond motifs is 1. The minimum absolute atomic E-state index is 0.0164. The molecule has 1 atom stereocenters. The number of hydrogen-bond acceptors (Lipinski definition) is 4. The Hall–Kier alpha value is -1.69. The Labute approximate surface area is 161 Å². The normalized spacial score (nSPS) is 24.4. The second-order valence-corrected chi connectivity index (χ2v) is 8.72. The summed E-state index contributed by atoms with van der Waals surface area (Å²) in [5.41, 5.74) is 1.72. The highest BCUT2D eigenvalue weighted by atomic mass is 16.2. The van der Waals surface area contributed by atoms with Crippen molar-refractivity contribution >= 4 is 5.91 Å². The first-order chi connectivity index (χ1) is 13.0. The van der Waals surface area contributed by atoms with Gasteiger partial charge in [-0.25, -0.2) is 4.98 Å². The number of H-pyrrole nitrogens is 1. The van der Waals surface area contributed by atoms with Crippen LogP contribution in [0.2, 0.25) is 0 Å². The summed E-state index contributed by atoms with van der Waals surface area (Å²) in [4.78, 5) is 38.0. The second-order valence-electron chi connectivity index (χ2n) is 8.72. The number of amides is 1. The Kier molecular flexibility index (Phi) is 5.35. The number of nitrogens with zero attached hydrogens (tertiary/aromatic N) is 3. The SMILES string of the molecule is CC(C)N1CCc2nc(C3CCCN3C(=O)C3CCCCC3)[nH]c(=O)c2C1. The lowest BCUT2D eigenvalue weighted by Gasteiger charge is -2.32. The number of nitrogens with one attached hydrogen (secondary N) is 1. The molecule has 3 heterocycles. The fourth-order valence-electron chi connectivity index (χ4n) is 4.96. The van der Waals surface area contributed by atoms with Gasteiger partial charge < -0.3 is 9.88 Å². The third kappa shape index (κ3) is 3.68. The van der Waals surface area contributed by atoms with Crippen LogP contribution in [0.3, 0.4) is 0 Å². The molecule has 1 unspecified atom stereocenters. The minimum atomic E-state index is -0.0550. The van der Waals surface area contributed by atoms with Crippen molar-refractivity contribution in [1.82, 2.24) is 19.8 Å². The molecule has 6 heteroatoms. The van der Waals surface area contributed by atoms with Gasteiger partial charge in [0.1, 0.15) is 5.82 Å². The van der Waals surface area contributed by atoms with E-state index in [0.29, 0.717) is 18.4 Å². The standard InChI is InChI=1S/C21H32N4O2/c1-14(2)24-12-10-17-16(13-24)20(26)23-19(22-17)18-9-6-11-25(18)21(27)15-7-4-3-5-8-15/h14-15,18H,3-13H2,1-2H3,(H,22,23,26). The van der Waals surface area contributed by atoms with E-state index in [-0.39, 0.29) is 23.4 Å². The van der Waals surface area contributed by atoms with Gasteiger partial charge >= 0.3 is 0 Å². The van der Waals surface area contributed by atoms with E-state index in [1.54, 1.807) is 0 Å². The summed E-state index contributed by atoms with van der Waals surface area (Å²) in [7, 11) is 0. The van der Waals surface area contributed by atoms with Crippen molar-refractivity contribution < 1.29 is 4.79 Å². The number of likely N-dealkylation sites (tertiary alicyclic amines) is 1. The van der Waals surface area contributed by atoms with E-state index in [9.17, 15) is 9.59 Å². The third-order valence-electron chi connectivity index (χ3n) is 6.65. The van der Waals surface area contributed by atoms with Gasteiger partial charge in [0.2, 0.25) is 5.91 Å². The fourth-order valence-corrected chi connectivity index (χ4v) is 4.96. The zero-order valence-corrected chi connectivity index (χ0v) is 16.7. The monoisotopic (exact) mass is 372 g/mol. The van der Waals surface area contributed by atoms with Gasteiger partial charge in [0.25, 0.3) is 5.56 Å². The molecule has 1 aromatic heterocycles. The van der Waals surface area contributed by atoms with Crippen LogP contribution in [-0.4, -0.2) is 44.8 Å². The number of carbonyl (C=O) groups excluding carboxylic acids is 1. The summed E-state index contributed by atoms with van der Waals surface area (Å²) in [6.45, 7) is 6.73. The summed E-state index contributed by atoms with van der Waals surface area (Å²) in [5.74, 6) is 1.16. The Morgan fingerprint density at radius 3 is 2.63 bits per heavy atom. The number of hydrogen-bond donors (Lipinski definition) is 1. The van der Waals surface area contributed by atoms with Crippen molar-refractivity contribution in [2.24, 2.45) is 5.92 Å². The average Bonchev–Trinajstić information content (AvgIpc) is 3.17. The summed E-state index contributed by atoms with van der Waals surface area (Å²) >= 11 is 0. The maximum absolute atomic E-state index is 13.1. The number of aromatic amines is 1. The van der Waals surface area contributed by atoms with Crippen molar-refractivity contribution in [3.63, 3.8) is 0 Å². The van der Waals surface area contributed by atoms with Gasteiger partial charge in [0.15, 0.2) is 0 Å². The molecule has 4 rings (SSSR count). The van der Waals surface area contributed by atoms with Crippen molar-refractivity contribution in [3.8, 4) is 0 Å². The number of rotatable bonds is 3. The molecule has 0 aromatic carbocycles. The maximum atomic E-state index is 13.1. The van der Waals surface area contributed by atoms with Crippen LogP contribution in [0.15, 0.2) is 4.79 Å². The molecule has 0 spiro atoms. The predicted molar refractivity (Wildman–Crippen MR) is 104 cm³/mol. The van der Waals surface area contributed by atoms with Crippen LogP contribution in [-0.2, 0) is 17.8 Å². The van der Waals surface area contributed by atoms with Gasteiger partial charge in [-0.3, -0.25) is 14.5 Å². The molecule has 27 heavy (non-hydrogen) atoms. The molecule has 148 valence electrons. The Balaban J connectivity index is 1.57. The molecule has 1 amide bonds. The minimum Gasteiger partial charge on any atom is -0.332 e. The molecule has 2 aliphatic heterocycles. The van der Waals surface area contributed by atoms with Crippen molar-refractivity contribution in [2.45, 2.75) is 83.8 Å². The summed E-state index contributed by atoms with van der Waals surface area (Å²) in [6, 6.07) is 0.371. The van der Waals surface area contributed by atoms with Crippen LogP contribution in [0.4, 0.5) is 0 Å². The maximum Gasteiger partial charge on any atom is 0.255 e. The highest BCUT2D eigenvalue weighted by molar-refractivity contribution is 5.79. The molecule has 1 aliphatic carbocycles. The molecule has 2 fully saturated rings. The molecule has 1 saturated heterocycles. The first kappa shape index (κ1) is 18.7. The van der Waals surface area contributed by atoms with E-state index < -0.39 is 0 Å². The molecule has 6 nitrogen and oxygen atoms in total. The fraction of sp³-hybridized carbons (Fsp3) is 0.762. The molecule has 0 bridgehead atoms. The lowest BCUT2D eigenvalue weighted by molar-refractivity contribution is -0.137.